The number of rotatable bonds is 4. The Hall–Kier alpha value is -1.30. The maximum Gasteiger partial charge on any atom is 0.0684 e. The van der Waals surface area contributed by atoms with Gasteiger partial charge in [-0.05, 0) is 46.1 Å². The van der Waals surface area contributed by atoms with Gasteiger partial charge in [-0.25, -0.2) is 0 Å². The van der Waals surface area contributed by atoms with Crippen molar-refractivity contribution < 1.29 is 0 Å². The lowest BCUT2D eigenvalue weighted by Gasteiger charge is -2.15. The normalized spacial score (nSPS) is 11.5. The Bertz CT molecular complexity index is 408. The van der Waals surface area contributed by atoms with Gasteiger partial charge in [0, 0.05) is 12.2 Å². The predicted molar refractivity (Wildman–Crippen MR) is 65.1 cm³/mol. The van der Waals surface area contributed by atoms with Crippen molar-refractivity contribution in [3.8, 4) is 6.07 Å². The van der Waals surface area contributed by atoms with Crippen LogP contribution in [0.15, 0.2) is 0 Å². The first-order valence-electron chi connectivity index (χ1n) is 5.85. The van der Waals surface area contributed by atoms with Gasteiger partial charge in [0.2, 0.25) is 0 Å². The standard InChI is InChI=1S/C13H21N3/c1-6-12-10(2)15-16(11(12)3)8-7-13(4,5)9-14/h6-8H2,1-5H3. The second-order valence-corrected chi connectivity index (χ2v) is 4.97. The molecule has 3 heteroatoms. The van der Waals surface area contributed by atoms with Crippen LogP contribution in [0.25, 0.3) is 0 Å². The van der Waals surface area contributed by atoms with Crippen LogP contribution in [0.5, 0.6) is 0 Å². The summed E-state index contributed by atoms with van der Waals surface area (Å²) in [5, 5.41) is 13.5. The third-order valence-electron chi connectivity index (χ3n) is 3.14. The zero-order valence-electron chi connectivity index (χ0n) is 11.0. The molecular weight excluding hydrogens is 198 g/mol. The van der Waals surface area contributed by atoms with Crippen LogP contribution in [0.1, 0.15) is 44.1 Å². The average Bonchev–Trinajstić information content (AvgIpc) is 2.51. The fourth-order valence-corrected chi connectivity index (χ4v) is 1.90. The van der Waals surface area contributed by atoms with Crippen molar-refractivity contribution in [3.63, 3.8) is 0 Å². The fourth-order valence-electron chi connectivity index (χ4n) is 1.90. The minimum atomic E-state index is -0.265. The summed E-state index contributed by atoms with van der Waals surface area (Å²) in [6.45, 7) is 11.1. The van der Waals surface area contributed by atoms with Crippen molar-refractivity contribution in [3.05, 3.63) is 17.0 Å². The Kier molecular flexibility index (Phi) is 3.74. The lowest BCUT2D eigenvalue weighted by atomic mass is 9.91. The summed E-state index contributed by atoms with van der Waals surface area (Å²) >= 11 is 0. The van der Waals surface area contributed by atoms with Crippen LogP contribution in [0.2, 0.25) is 0 Å². The van der Waals surface area contributed by atoms with Gasteiger partial charge in [0.1, 0.15) is 0 Å². The number of hydrogen-bond donors (Lipinski definition) is 0. The summed E-state index contributed by atoms with van der Waals surface area (Å²) in [6, 6.07) is 2.33. The van der Waals surface area contributed by atoms with Crippen LogP contribution in [-0.4, -0.2) is 9.78 Å². The Morgan fingerprint density at radius 1 is 1.38 bits per heavy atom. The lowest BCUT2D eigenvalue weighted by Crippen LogP contribution is -2.14. The fraction of sp³-hybridized carbons (Fsp3) is 0.692. The van der Waals surface area contributed by atoms with E-state index in [0.717, 1.165) is 25.1 Å². The van der Waals surface area contributed by atoms with Gasteiger partial charge in [0.05, 0.1) is 17.2 Å². The van der Waals surface area contributed by atoms with E-state index in [1.165, 1.54) is 11.3 Å². The van der Waals surface area contributed by atoms with Gasteiger partial charge < -0.3 is 0 Å². The molecule has 3 nitrogen and oxygen atoms in total. The average molecular weight is 219 g/mol. The number of hydrogen-bond acceptors (Lipinski definition) is 2. The van der Waals surface area contributed by atoms with Crippen molar-refractivity contribution in [1.82, 2.24) is 9.78 Å². The van der Waals surface area contributed by atoms with Crippen molar-refractivity contribution in [2.45, 2.75) is 54.0 Å². The van der Waals surface area contributed by atoms with Gasteiger partial charge in [0.25, 0.3) is 0 Å². The SMILES string of the molecule is CCc1c(C)nn(CCC(C)(C)C#N)c1C. The molecule has 0 bridgehead atoms. The molecule has 0 aliphatic carbocycles. The van der Waals surface area contributed by atoms with Gasteiger partial charge in [-0.3, -0.25) is 4.68 Å². The van der Waals surface area contributed by atoms with E-state index in [0.29, 0.717) is 0 Å². The quantitative estimate of drug-likeness (QED) is 0.781. The molecular formula is C13H21N3. The Balaban J connectivity index is 2.80. The van der Waals surface area contributed by atoms with E-state index in [1.54, 1.807) is 0 Å². The van der Waals surface area contributed by atoms with Crippen molar-refractivity contribution in [1.29, 1.82) is 5.26 Å². The van der Waals surface area contributed by atoms with E-state index in [9.17, 15) is 0 Å². The maximum atomic E-state index is 8.97. The first kappa shape index (κ1) is 12.8. The van der Waals surface area contributed by atoms with Crippen LogP contribution in [0, 0.1) is 30.6 Å². The van der Waals surface area contributed by atoms with Crippen LogP contribution in [0.3, 0.4) is 0 Å². The topological polar surface area (TPSA) is 41.6 Å². The first-order chi connectivity index (χ1) is 7.41. The highest BCUT2D eigenvalue weighted by Gasteiger charge is 2.18. The van der Waals surface area contributed by atoms with E-state index in [1.807, 2.05) is 18.5 Å². The van der Waals surface area contributed by atoms with E-state index >= 15 is 0 Å². The number of aryl methyl sites for hydroxylation is 2. The van der Waals surface area contributed by atoms with Crippen LogP contribution < -0.4 is 0 Å². The Labute approximate surface area is 98.1 Å². The lowest BCUT2D eigenvalue weighted by molar-refractivity contribution is 0.395. The summed E-state index contributed by atoms with van der Waals surface area (Å²) in [5.74, 6) is 0. The molecule has 0 saturated carbocycles. The van der Waals surface area contributed by atoms with Gasteiger partial charge in [0.15, 0.2) is 0 Å². The zero-order valence-corrected chi connectivity index (χ0v) is 11.0. The van der Waals surface area contributed by atoms with Gasteiger partial charge in [-0.15, -0.1) is 0 Å². The number of aromatic nitrogens is 2. The van der Waals surface area contributed by atoms with Gasteiger partial charge in [-0.1, -0.05) is 6.92 Å². The molecule has 1 aromatic rings. The van der Waals surface area contributed by atoms with E-state index in [2.05, 4.69) is 31.9 Å². The largest absolute Gasteiger partial charge is 0.269 e. The molecule has 1 aromatic heterocycles. The molecule has 0 fully saturated rings. The number of nitriles is 1. The van der Waals surface area contributed by atoms with Crippen LogP contribution in [0.4, 0.5) is 0 Å². The van der Waals surface area contributed by atoms with Crippen molar-refractivity contribution in [2.24, 2.45) is 5.41 Å². The molecule has 0 saturated heterocycles. The highest BCUT2D eigenvalue weighted by molar-refractivity contribution is 5.24. The minimum Gasteiger partial charge on any atom is -0.269 e. The second-order valence-electron chi connectivity index (χ2n) is 4.97. The Morgan fingerprint density at radius 3 is 2.44 bits per heavy atom. The molecule has 0 radical (unpaired) electrons. The molecule has 1 heterocycles. The van der Waals surface area contributed by atoms with Crippen LogP contribution >= 0.6 is 0 Å². The monoisotopic (exact) mass is 219 g/mol. The molecule has 0 aliphatic heterocycles. The summed E-state index contributed by atoms with van der Waals surface area (Å²) in [7, 11) is 0. The molecule has 0 aliphatic rings. The molecule has 88 valence electrons. The molecule has 1 rings (SSSR count). The highest BCUT2D eigenvalue weighted by Crippen LogP contribution is 2.21. The molecule has 16 heavy (non-hydrogen) atoms. The minimum absolute atomic E-state index is 0.265. The Morgan fingerprint density at radius 2 is 2.00 bits per heavy atom. The highest BCUT2D eigenvalue weighted by atomic mass is 15.3. The summed E-state index contributed by atoms with van der Waals surface area (Å²) in [5.41, 5.74) is 3.44. The maximum absolute atomic E-state index is 8.97. The zero-order chi connectivity index (χ0) is 12.3. The summed E-state index contributed by atoms with van der Waals surface area (Å²) < 4.78 is 2.03. The van der Waals surface area contributed by atoms with Crippen molar-refractivity contribution in [2.75, 3.05) is 0 Å². The summed E-state index contributed by atoms with van der Waals surface area (Å²) in [6.07, 6.45) is 1.87. The molecule has 0 aromatic carbocycles. The van der Waals surface area contributed by atoms with E-state index < -0.39 is 0 Å². The predicted octanol–water partition coefficient (Wildman–Crippen LogP) is 3.00. The molecule has 0 unspecified atom stereocenters. The van der Waals surface area contributed by atoms with Crippen molar-refractivity contribution >= 4 is 0 Å². The second kappa shape index (κ2) is 4.69. The first-order valence-corrected chi connectivity index (χ1v) is 5.85. The molecule has 0 spiro atoms. The third kappa shape index (κ3) is 2.63. The molecule has 0 atom stereocenters. The number of nitrogens with zero attached hydrogens (tertiary/aromatic N) is 3. The molecule has 0 amide bonds. The summed E-state index contributed by atoms with van der Waals surface area (Å²) in [4.78, 5) is 0. The third-order valence-corrected chi connectivity index (χ3v) is 3.14. The van der Waals surface area contributed by atoms with E-state index in [4.69, 9.17) is 5.26 Å². The smallest absolute Gasteiger partial charge is 0.0684 e. The van der Waals surface area contributed by atoms with Crippen LogP contribution in [-0.2, 0) is 13.0 Å². The van der Waals surface area contributed by atoms with Gasteiger partial charge in [-0.2, -0.15) is 10.4 Å². The molecule has 0 N–H and O–H groups in total. The van der Waals surface area contributed by atoms with E-state index in [-0.39, 0.29) is 5.41 Å². The van der Waals surface area contributed by atoms with Gasteiger partial charge >= 0.3 is 0 Å².